The van der Waals surface area contributed by atoms with Gasteiger partial charge < -0.3 is 14.2 Å². The molecular weight excluding hydrogens is 404 g/mol. The van der Waals surface area contributed by atoms with E-state index in [-0.39, 0.29) is 23.2 Å². The molecule has 1 heterocycles. The summed E-state index contributed by atoms with van der Waals surface area (Å²) >= 11 is 0. The second-order valence-corrected chi connectivity index (χ2v) is 7.60. The molecule has 162 valence electrons. The number of aliphatic imine (C=N–C) groups is 1. The number of Topliss-reactive ketones (excluding diaryl/α,β-unsaturated/α-hetero) is 1. The summed E-state index contributed by atoms with van der Waals surface area (Å²) in [5, 5.41) is 10.00. The van der Waals surface area contributed by atoms with Crippen molar-refractivity contribution in [3.8, 4) is 11.8 Å². The molecule has 0 saturated heterocycles. The van der Waals surface area contributed by atoms with E-state index in [1.54, 1.807) is 7.11 Å². The highest BCUT2D eigenvalue weighted by Gasteiger charge is 2.41. The lowest BCUT2D eigenvalue weighted by Gasteiger charge is -2.34. The van der Waals surface area contributed by atoms with Crippen LogP contribution < -0.4 is 4.74 Å². The van der Waals surface area contributed by atoms with E-state index in [4.69, 9.17) is 14.2 Å². The molecule has 6 nitrogen and oxygen atoms in total. The standard InChI is InChI=1S/C26H24N2O4/c1-3-31-16-28-26-21(15-27)24(18-9-11-20(30-2)12-10-18)25-22(29)13-19(14-23(25)32-26)17-7-5-4-6-8-17/h4-12,16,19,24H,3,13-14H2,1-2H3. The highest BCUT2D eigenvalue weighted by Crippen LogP contribution is 2.47. The summed E-state index contributed by atoms with van der Waals surface area (Å²) in [5.74, 6) is 0.890. The first-order valence-electron chi connectivity index (χ1n) is 10.6. The van der Waals surface area contributed by atoms with E-state index >= 15 is 0 Å². The van der Waals surface area contributed by atoms with Crippen LogP contribution in [0.2, 0.25) is 0 Å². The smallest absolute Gasteiger partial charge is 0.236 e. The number of hydrogen-bond donors (Lipinski definition) is 0. The summed E-state index contributed by atoms with van der Waals surface area (Å²) < 4.78 is 16.6. The van der Waals surface area contributed by atoms with E-state index in [2.05, 4.69) is 11.1 Å². The number of allylic oxidation sites excluding steroid dienone is 3. The predicted molar refractivity (Wildman–Crippen MR) is 120 cm³/mol. The third kappa shape index (κ3) is 4.15. The number of ether oxygens (including phenoxy) is 3. The minimum absolute atomic E-state index is 0.0125. The Morgan fingerprint density at radius 2 is 1.88 bits per heavy atom. The number of rotatable bonds is 6. The van der Waals surface area contributed by atoms with Gasteiger partial charge >= 0.3 is 0 Å². The van der Waals surface area contributed by atoms with Gasteiger partial charge in [-0.2, -0.15) is 10.3 Å². The average molecular weight is 428 g/mol. The van der Waals surface area contributed by atoms with Crippen LogP contribution in [0.1, 0.15) is 42.7 Å². The predicted octanol–water partition coefficient (Wildman–Crippen LogP) is 5.01. The van der Waals surface area contributed by atoms with Crippen LogP contribution in [-0.2, 0) is 14.3 Å². The quantitative estimate of drug-likeness (QED) is 0.477. The van der Waals surface area contributed by atoms with Gasteiger partial charge in [-0.25, -0.2) is 0 Å². The lowest BCUT2D eigenvalue weighted by atomic mass is 9.73. The van der Waals surface area contributed by atoms with Crippen LogP contribution in [0.15, 0.2) is 82.4 Å². The molecule has 0 fully saturated rings. The van der Waals surface area contributed by atoms with Crippen molar-refractivity contribution in [1.82, 2.24) is 0 Å². The number of benzene rings is 2. The van der Waals surface area contributed by atoms with Crippen molar-refractivity contribution >= 4 is 12.2 Å². The highest BCUT2D eigenvalue weighted by atomic mass is 16.5. The molecule has 2 aromatic rings. The monoisotopic (exact) mass is 428 g/mol. The van der Waals surface area contributed by atoms with Crippen LogP contribution in [0.4, 0.5) is 0 Å². The molecule has 1 aliphatic carbocycles. The maximum atomic E-state index is 13.4. The third-order valence-corrected chi connectivity index (χ3v) is 5.74. The molecule has 2 aliphatic rings. The second-order valence-electron chi connectivity index (χ2n) is 7.60. The van der Waals surface area contributed by atoms with Crippen molar-refractivity contribution in [2.75, 3.05) is 13.7 Å². The zero-order valence-electron chi connectivity index (χ0n) is 18.1. The van der Waals surface area contributed by atoms with Crippen LogP contribution >= 0.6 is 0 Å². The number of nitrogens with zero attached hydrogens (tertiary/aromatic N) is 2. The molecule has 2 unspecified atom stereocenters. The molecule has 0 amide bonds. The fourth-order valence-electron chi connectivity index (χ4n) is 4.21. The van der Waals surface area contributed by atoms with Gasteiger partial charge in [0.1, 0.15) is 23.2 Å². The molecule has 0 N–H and O–H groups in total. The van der Waals surface area contributed by atoms with E-state index in [1.165, 1.54) is 6.40 Å². The van der Waals surface area contributed by atoms with E-state index in [9.17, 15) is 10.1 Å². The van der Waals surface area contributed by atoms with Gasteiger partial charge in [0, 0.05) is 18.4 Å². The number of nitriles is 1. The van der Waals surface area contributed by atoms with E-state index in [1.807, 2.05) is 61.5 Å². The van der Waals surface area contributed by atoms with Crippen LogP contribution in [0.3, 0.4) is 0 Å². The molecule has 0 saturated carbocycles. The van der Waals surface area contributed by atoms with Gasteiger partial charge in [-0.1, -0.05) is 42.5 Å². The number of methoxy groups -OCH3 is 1. The van der Waals surface area contributed by atoms with Gasteiger partial charge in [-0.05, 0) is 36.1 Å². The Hall–Kier alpha value is -3.85. The molecule has 0 aromatic heterocycles. The lowest BCUT2D eigenvalue weighted by molar-refractivity contribution is -0.117. The number of carbonyl (C=O) groups excluding carboxylic acids is 1. The second kappa shape index (κ2) is 9.52. The fraction of sp³-hybridized carbons (Fsp3) is 0.269. The van der Waals surface area contributed by atoms with E-state index in [0.717, 1.165) is 11.1 Å². The maximum Gasteiger partial charge on any atom is 0.236 e. The largest absolute Gasteiger partial charge is 0.497 e. The Kier molecular flexibility index (Phi) is 6.37. The Morgan fingerprint density at radius 1 is 1.12 bits per heavy atom. The van der Waals surface area contributed by atoms with Crippen LogP contribution in [-0.4, -0.2) is 25.9 Å². The SMILES string of the molecule is CCOC=NC1=C(C#N)C(c2ccc(OC)cc2)C2=C(CC(c3ccccc3)CC2=O)O1. The van der Waals surface area contributed by atoms with Gasteiger partial charge in [0.2, 0.25) is 5.88 Å². The Bertz CT molecular complexity index is 1120. The lowest BCUT2D eigenvalue weighted by Crippen LogP contribution is -2.28. The zero-order valence-corrected chi connectivity index (χ0v) is 18.1. The van der Waals surface area contributed by atoms with Gasteiger partial charge in [0.25, 0.3) is 0 Å². The summed E-state index contributed by atoms with van der Waals surface area (Å²) in [6.45, 7) is 2.29. The zero-order chi connectivity index (χ0) is 22.5. The van der Waals surface area contributed by atoms with Crippen molar-refractivity contribution in [1.29, 1.82) is 5.26 Å². The fourth-order valence-corrected chi connectivity index (χ4v) is 4.21. The topological polar surface area (TPSA) is 80.9 Å². The first-order chi connectivity index (χ1) is 15.7. The van der Waals surface area contributed by atoms with Gasteiger partial charge in [-0.15, -0.1) is 0 Å². The summed E-state index contributed by atoms with van der Waals surface area (Å²) in [7, 11) is 1.60. The van der Waals surface area contributed by atoms with Gasteiger partial charge in [-0.3, -0.25) is 4.79 Å². The number of carbonyl (C=O) groups is 1. The number of hydrogen-bond acceptors (Lipinski definition) is 6. The minimum Gasteiger partial charge on any atom is -0.497 e. The third-order valence-electron chi connectivity index (χ3n) is 5.74. The molecular formula is C26H24N2O4. The van der Waals surface area contributed by atoms with Crippen LogP contribution in [0, 0.1) is 11.3 Å². The van der Waals surface area contributed by atoms with Crippen molar-refractivity contribution in [3.05, 3.63) is 88.5 Å². The van der Waals surface area contributed by atoms with E-state index in [0.29, 0.717) is 36.5 Å². The summed E-state index contributed by atoms with van der Waals surface area (Å²) in [4.78, 5) is 17.7. The number of ketones is 1. The molecule has 0 radical (unpaired) electrons. The maximum absolute atomic E-state index is 13.4. The van der Waals surface area contributed by atoms with Gasteiger partial charge in [0.05, 0.1) is 19.6 Å². The first kappa shape index (κ1) is 21.4. The van der Waals surface area contributed by atoms with Crippen molar-refractivity contribution < 1.29 is 19.0 Å². The van der Waals surface area contributed by atoms with Gasteiger partial charge in [0.15, 0.2) is 12.2 Å². The van der Waals surface area contributed by atoms with Crippen molar-refractivity contribution in [2.24, 2.45) is 4.99 Å². The molecule has 2 atom stereocenters. The molecule has 2 aromatic carbocycles. The molecule has 0 spiro atoms. The van der Waals surface area contributed by atoms with E-state index < -0.39 is 5.92 Å². The summed E-state index contributed by atoms with van der Waals surface area (Å²) in [5.41, 5.74) is 2.73. The Labute approximate surface area is 187 Å². The van der Waals surface area contributed by atoms with Crippen LogP contribution in [0.5, 0.6) is 5.75 Å². The molecule has 6 heteroatoms. The average Bonchev–Trinajstić information content (AvgIpc) is 2.84. The van der Waals surface area contributed by atoms with Crippen molar-refractivity contribution in [2.45, 2.75) is 31.6 Å². The summed E-state index contributed by atoms with van der Waals surface area (Å²) in [6, 6.07) is 19.6. The Balaban J connectivity index is 1.80. The first-order valence-corrected chi connectivity index (χ1v) is 10.6. The molecule has 0 bridgehead atoms. The normalized spacial score (nSPS) is 20.6. The molecule has 32 heavy (non-hydrogen) atoms. The molecule has 4 rings (SSSR count). The summed E-state index contributed by atoms with van der Waals surface area (Å²) in [6.07, 6.45) is 2.21. The Morgan fingerprint density at radius 3 is 2.53 bits per heavy atom. The highest BCUT2D eigenvalue weighted by molar-refractivity contribution is 6.00. The minimum atomic E-state index is -0.548. The van der Waals surface area contributed by atoms with Crippen LogP contribution in [0.25, 0.3) is 0 Å². The molecule has 1 aliphatic heterocycles. The van der Waals surface area contributed by atoms with Crippen molar-refractivity contribution in [3.63, 3.8) is 0 Å².